The maximum atomic E-state index is 5.43. The third-order valence-electron chi connectivity index (χ3n) is 3.39. The molecule has 0 aliphatic carbocycles. The second-order valence-corrected chi connectivity index (χ2v) is 5.04. The lowest BCUT2D eigenvalue weighted by Crippen LogP contribution is -2.30. The molecule has 1 aromatic carbocycles. The molecule has 1 N–H and O–H groups in total. The monoisotopic (exact) mass is 325 g/mol. The first-order chi connectivity index (χ1) is 10.3. The summed E-state index contributed by atoms with van der Waals surface area (Å²) in [6, 6.07) is 6.19. The molecular weight excluding hydrogens is 306 g/mol. The van der Waals surface area contributed by atoms with E-state index in [0.717, 1.165) is 24.4 Å². The zero-order valence-electron chi connectivity index (χ0n) is 12.6. The highest BCUT2D eigenvalue weighted by Crippen LogP contribution is 2.41. The summed E-state index contributed by atoms with van der Waals surface area (Å²) >= 11 is 0. The van der Waals surface area contributed by atoms with Crippen LogP contribution in [0.1, 0.15) is 12.5 Å². The second-order valence-electron chi connectivity index (χ2n) is 5.04. The van der Waals surface area contributed by atoms with E-state index >= 15 is 0 Å². The zero-order chi connectivity index (χ0) is 14.7. The lowest BCUT2D eigenvalue weighted by Gasteiger charge is -2.15. The topological polar surface area (TPSA) is 57.5 Å². The van der Waals surface area contributed by atoms with Crippen molar-refractivity contribution < 1.29 is 14.2 Å². The minimum absolute atomic E-state index is 0. The molecule has 0 saturated heterocycles. The maximum Gasteiger partial charge on any atom is 0.231 e. The van der Waals surface area contributed by atoms with E-state index in [1.165, 1.54) is 0 Å². The molecule has 1 aliphatic rings. The first-order valence-electron chi connectivity index (χ1n) is 6.93. The van der Waals surface area contributed by atoms with Crippen LogP contribution in [0.15, 0.2) is 30.6 Å². The first kappa shape index (κ1) is 16.5. The molecule has 0 amide bonds. The average molecular weight is 326 g/mol. The number of nitrogens with one attached hydrogen (secondary N) is 1. The minimum atomic E-state index is 0. The van der Waals surface area contributed by atoms with Gasteiger partial charge in [0.15, 0.2) is 11.5 Å². The molecule has 1 aliphatic heterocycles. The highest BCUT2D eigenvalue weighted by atomic mass is 35.5. The zero-order valence-corrected chi connectivity index (χ0v) is 13.4. The fraction of sp³-hybridized carbons (Fsp3) is 0.400. The number of halogens is 1. The molecule has 1 atom stereocenters. The summed E-state index contributed by atoms with van der Waals surface area (Å²) < 4.78 is 18.1. The molecular formula is C15H20ClN3O3. The van der Waals surface area contributed by atoms with Gasteiger partial charge in [-0.3, -0.25) is 4.68 Å². The Bertz CT molecular complexity index is 604. The van der Waals surface area contributed by atoms with Gasteiger partial charge < -0.3 is 19.5 Å². The first-order valence-corrected chi connectivity index (χ1v) is 6.93. The second kappa shape index (κ2) is 7.38. The quantitative estimate of drug-likeness (QED) is 0.882. The van der Waals surface area contributed by atoms with Crippen molar-refractivity contribution in [3.05, 3.63) is 36.2 Å². The largest absolute Gasteiger partial charge is 0.493 e. The van der Waals surface area contributed by atoms with Crippen molar-refractivity contribution in [2.24, 2.45) is 0 Å². The molecule has 3 rings (SSSR count). The van der Waals surface area contributed by atoms with Gasteiger partial charge in [0.25, 0.3) is 0 Å². The predicted octanol–water partition coefficient (Wildman–Crippen LogP) is 2.22. The fourth-order valence-electron chi connectivity index (χ4n) is 2.33. The lowest BCUT2D eigenvalue weighted by molar-refractivity contribution is 0.171. The molecule has 120 valence electrons. The lowest BCUT2D eigenvalue weighted by atomic mass is 10.1. The summed E-state index contributed by atoms with van der Waals surface area (Å²) in [5.74, 6) is 2.14. The molecule has 7 heteroatoms. The van der Waals surface area contributed by atoms with Gasteiger partial charge in [-0.15, -0.1) is 12.4 Å². The number of ether oxygens (including phenoxy) is 3. The van der Waals surface area contributed by atoms with Crippen LogP contribution < -0.4 is 19.5 Å². The van der Waals surface area contributed by atoms with Gasteiger partial charge in [0.1, 0.15) is 0 Å². The van der Waals surface area contributed by atoms with Crippen LogP contribution in [0.5, 0.6) is 17.2 Å². The molecule has 6 nitrogen and oxygen atoms in total. The number of hydrogen-bond donors (Lipinski definition) is 1. The molecule has 0 radical (unpaired) electrons. The number of hydrogen-bond acceptors (Lipinski definition) is 5. The van der Waals surface area contributed by atoms with E-state index in [0.29, 0.717) is 17.5 Å². The van der Waals surface area contributed by atoms with Gasteiger partial charge in [0.2, 0.25) is 12.5 Å². The van der Waals surface area contributed by atoms with Crippen LogP contribution in [0.2, 0.25) is 0 Å². The van der Waals surface area contributed by atoms with Gasteiger partial charge >= 0.3 is 0 Å². The summed E-state index contributed by atoms with van der Waals surface area (Å²) in [5, 5.41) is 7.67. The van der Waals surface area contributed by atoms with E-state index < -0.39 is 0 Å². The summed E-state index contributed by atoms with van der Waals surface area (Å²) in [7, 11) is 1.63. The summed E-state index contributed by atoms with van der Waals surface area (Å²) in [6.07, 6.45) is 3.75. The number of benzene rings is 1. The Balaban J connectivity index is 0.00000176. The normalized spacial score (nSPS) is 13.5. The fourth-order valence-corrected chi connectivity index (χ4v) is 2.33. The summed E-state index contributed by atoms with van der Waals surface area (Å²) in [4.78, 5) is 0. The Kier molecular flexibility index (Phi) is 5.51. The van der Waals surface area contributed by atoms with Crippen LogP contribution in [0.4, 0.5) is 0 Å². The SMILES string of the molecule is COc1cc(CNC(C)Cn2cccn2)cc2c1OCO2.Cl. The van der Waals surface area contributed by atoms with Crippen LogP contribution in [0.3, 0.4) is 0 Å². The Morgan fingerprint density at radius 2 is 2.27 bits per heavy atom. The summed E-state index contributed by atoms with van der Waals surface area (Å²) in [5.41, 5.74) is 1.10. The third-order valence-corrected chi connectivity index (χ3v) is 3.39. The van der Waals surface area contributed by atoms with Gasteiger partial charge in [-0.2, -0.15) is 5.10 Å². The van der Waals surface area contributed by atoms with Crippen molar-refractivity contribution in [3.8, 4) is 17.2 Å². The Labute approximate surface area is 135 Å². The van der Waals surface area contributed by atoms with Crippen LogP contribution in [-0.4, -0.2) is 29.7 Å². The van der Waals surface area contributed by atoms with Gasteiger partial charge in [-0.1, -0.05) is 0 Å². The van der Waals surface area contributed by atoms with E-state index in [4.69, 9.17) is 14.2 Å². The smallest absolute Gasteiger partial charge is 0.231 e. The van der Waals surface area contributed by atoms with Crippen LogP contribution in [0.25, 0.3) is 0 Å². The molecule has 0 spiro atoms. The van der Waals surface area contributed by atoms with E-state index in [1.54, 1.807) is 13.3 Å². The predicted molar refractivity (Wildman–Crippen MR) is 84.9 cm³/mol. The minimum Gasteiger partial charge on any atom is -0.493 e. The standard InChI is InChI=1S/C15H19N3O3.ClH/c1-11(9-18-5-3-4-17-18)16-8-12-6-13(19-2)15-14(7-12)20-10-21-15;/h3-7,11,16H,8-10H2,1-2H3;1H. The number of fused-ring (bicyclic) bond motifs is 1. The van der Waals surface area contributed by atoms with E-state index in [9.17, 15) is 0 Å². The van der Waals surface area contributed by atoms with Crippen molar-refractivity contribution in [1.82, 2.24) is 15.1 Å². The molecule has 0 saturated carbocycles. The Morgan fingerprint density at radius 3 is 3.00 bits per heavy atom. The molecule has 2 aromatic rings. The average Bonchev–Trinajstić information content (AvgIpc) is 3.15. The number of rotatable bonds is 6. The van der Waals surface area contributed by atoms with E-state index in [2.05, 4.69) is 17.3 Å². The van der Waals surface area contributed by atoms with Gasteiger partial charge in [-0.05, 0) is 30.7 Å². The molecule has 1 aromatic heterocycles. The third kappa shape index (κ3) is 3.64. The van der Waals surface area contributed by atoms with E-state index in [1.807, 2.05) is 29.1 Å². The van der Waals surface area contributed by atoms with Crippen molar-refractivity contribution in [2.45, 2.75) is 26.1 Å². The van der Waals surface area contributed by atoms with Crippen molar-refractivity contribution >= 4 is 12.4 Å². The van der Waals surface area contributed by atoms with Gasteiger partial charge in [-0.25, -0.2) is 0 Å². The summed E-state index contributed by atoms with van der Waals surface area (Å²) in [6.45, 7) is 3.94. The Hall–Kier alpha value is -1.92. The molecule has 1 unspecified atom stereocenters. The molecule has 22 heavy (non-hydrogen) atoms. The van der Waals surface area contributed by atoms with Crippen LogP contribution in [0, 0.1) is 0 Å². The number of aromatic nitrogens is 2. The van der Waals surface area contributed by atoms with Crippen molar-refractivity contribution in [2.75, 3.05) is 13.9 Å². The maximum absolute atomic E-state index is 5.43. The van der Waals surface area contributed by atoms with Crippen LogP contribution >= 0.6 is 12.4 Å². The number of nitrogens with zero attached hydrogens (tertiary/aromatic N) is 2. The van der Waals surface area contributed by atoms with Crippen LogP contribution in [-0.2, 0) is 13.1 Å². The number of methoxy groups -OCH3 is 1. The highest BCUT2D eigenvalue weighted by molar-refractivity contribution is 5.85. The molecule has 0 bridgehead atoms. The molecule has 0 fully saturated rings. The Morgan fingerprint density at radius 1 is 1.41 bits per heavy atom. The highest BCUT2D eigenvalue weighted by Gasteiger charge is 2.20. The van der Waals surface area contributed by atoms with Crippen molar-refractivity contribution in [1.29, 1.82) is 0 Å². The van der Waals surface area contributed by atoms with E-state index in [-0.39, 0.29) is 19.2 Å². The van der Waals surface area contributed by atoms with Gasteiger partial charge in [0, 0.05) is 25.0 Å². The van der Waals surface area contributed by atoms with Crippen molar-refractivity contribution in [3.63, 3.8) is 0 Å². The molecule has 2 heterocycles. The van der Waals surface area contributed by atoms with Gasteiger partial charge in [0.05, 0.1) is 13.7 Å².